The Bertz CT molecular complexity index is 596. The highest BCUT2D eigenvalue weighted by Gasteiger charge is 2.37. The second kappa shape index (κ2) is 6.71. The first-order valence-electron chi connectivity index (χ1n) is 8.01. The van der Waals surface area contributed by atoms with Crippen LogP contribution in [0.4, 0.5) is 5.69 Å². The van der Waals surface area contributed by atoms with Crippen LogP contribution in [-0.4, -0.2) is 49.9 Å². The van der Waals surface area contributed by atoms with Crippen LogP contribution < -0.4 is 10.2 Å². The highest BCUT2D eigenvalue weighted by Crippen LogP contribution is 2.32. The number of carbonyl (C=O) groups excluding carboxylic acids is 2. The molecule has 126 valence electrons. The van der Waals surface area contributed by atoms with Crippen molar-refractivity contribution in [2.24, 2.45) is 5.41 Å². The predicted molar refractivity (Wildman–Crippen MR) is 92.4 cm³/mol. The van der Waals surface area contributed by atoms with Gasteiger partial charge in [0.1, 0.15) is 6.04 Å². The number of rotatable bonds is 5. The quantitative estimate of drug-likeness (QED) is 0.899. The van der Waals surface area contributed by atoms with Crippen LogP contribution in [0.15, 0.2) is 24.3 Å². The van der Waals surface area contributed by atoms with Gasteiger partial charge in [0.15, 0.2) is 0 Å². The molecule has 1 atom stereocenters. The van der Waals surface area contributed by atoms with Gasteiger partial charge in [0.05, 0.1) is 0 Å². The molecule has 1 aliphatic rings. The molecule has 5 nitrogen and oxygen atoms in total. The second-order valence-corrected chi connectivity index (χ2v) is 7.36. The molecule has 0 fully saturated rings. The number of nitrogens with zero attached hydrogens (tertiary/aromatic N) is 2. The molecular formula is C18H27N3O2. The minimum Gasteiger partial charge on any atom is -0.354 e. The first-order chi connectivity index (χ1) is 10.7. The Balaban J connectivity index is 2.07. The van der Waals surface area contributed by atoms with Crippen LogP contribution >= 0.6 is 0 Å². The highest BCUT2D eigenvalue weighted by molar-refractivity contribution is 6.02. The van der Waals surface area contributed by atoms with Crippen molar-refractivity contribution in [2.75, 3.05) is 32.1 Å². The van der Waals surface area contributed by atoms with Gasteiger partial charge in [0.2, 0.25) is 11.8 Å². The summed E-state index contributed by atoms with van der Waals surface area (Å²) in [4.78, 5) is 28.4. The smallest absolute Gasteiger partial charge is 0.243 e. The van der Waals surface area contributed by atoms with Crippen LogP contribution in [0.5, 0.6) is 0 Å². The summed E-state index contributed by atoms with van der Waals surface area (Å²) in [6.07, 6.45) is 0.579. The van der Waals surface area contributed by atoms with E-state index in [9.17, 15) is 9.59 Å². The van der Waals surface area contributed by atoms with E-state index < -0.39 is 6.04 Å². The summed E-state index contributed by atoms with van der Waals surface area (Å²) in [5.74, 6) is -0.175. The van der Waals surface area contributed by atoms with Crippen molar-refractivity contribution in [3.63, 3.8) is 0 Å². The summed E-state index contributed by atoms with van der Waals surface area (Å²) in [5, 5.41) is 3.03. The molecule has 0 aliphatic carbocycles. The van der Waals surface area contributed by atoms with Gasteiger partial charge >= 0.3 is 0 Å². The molecule has 1 N–H and O–H groups in total. The zero-order valence-corrected chi connectivity index (χ0v) is 14.7. The van der Waals surface area contributed by atoms with Gasteiger partial charge in [-0.05, 0) is 31.1 Å². The highest BCUT2D eigenvalue weighted by atomic mass is 16.2. The molecule has 2 amide bonds. The fraction of sp³-hybridized carbons (Fsp3) is 0.556. The lowest BCUT2D eigenvalue weighted by atomic mass is 9.93. The molecular weight excluding hydrogens is 290 g/mol. The third kappa shape index (κ3) is 4.10. The van der Waals surface area contributed by atoms with Gasteiger partial charge in [-0.2, -0.15) is 0 Å². The van der Waals surface area contributed by atoms with Crippen molar-refractivity contribution in [1.29, 1.82) is 0 Å². The molecule has 0 saturated carbocycles. The average molecular weight is 317 g/mol. The van der Waals surface area contributed by atoms with Crippen molar-refractivity contribution in [3.8, 4) is 0 Å². The number of hydrogen-bond acceptors (Lipinski definition) is 3. The minimum absolute atomic E-state index is 0.0222. The number of benzene rings is 1. The van der Waals surface area contributed by atoms with Crippen LogP contribution in [0.1, 0.15) is 26.3 Å². The Labute approximate surface area is 138 Å². The summed E-state index contributed by atoms with van der Waals surface area (Å²) >= 11 is 0. The number of para-hydroxylation sites is 1. The molecule has 0 unspecified atom stereocenters. The molecule has 0 aromatic heterocycles. The third-order valence-corrected chi connectivity index (χ3v) is 4.10. The molecule has 23 heavy (non-hydrogen) atoms. The number of fused-ring (bicyclic) bond motifs is 1. The first-order valence-corrected chi connectivity index (χ1v) is 8.01. The van der Waals surface area contributed by atoms with E-state index in [4.69, 9.17) is 0 Å². The fourth-order valence-electron chi connectivity index (χ4n) is 3.34. The molecule has 1 aromatic rings. The minimum atomic E-state index is -0.444. The standard InChI is InChI=1S/C18H27N3O2/c1-13(22)21-15-9-7-6-8-14(15)10-16(21)17(23)19-11-18(2,3)12-20(4)5/h6-9,16H,10-12H2,1-5H3,(H,19,23)/t16-/m0/s1. The summed E-state index contributed by atoms with van der Waals surface area (Å²) in [7, 11) is 4.04. The van der Waals surface area contributed by atoms with E-state index in [1.54, 1.807) is 4.90 Å². The maximum Gasteiger partial charge on any atom is 0.243 e. The summed E-state index contributed by atoms with van der Waals surface area (Å²) in [5.41, 5.74) is 1.88. The fourth-order valence-corrected chi connectivity index (χ4v) is 3.34. The number of nitrogens with one attached hydrogen (secondary N) is 1. The Morgan fingerprint density at radius 1 is 1.30 bits per heavy atom. The van der Waals surface area contributed by atoms with E-state index in [0.717, 1.165) is 17.8 Å². The van der Waals surface area contributed by atoms with Gasteiger partial charge in [-0.1, -0.05) is 32.0 Å². The van der Waals surface area contributed by atoms with Crippen LogP contribution in [-0.2, 0) is 16.0 Å². The van der Waals surface area contributed by atoms with Gasteiger partial charge in [-0.3, -0.25) is 14.5 Å². The third-order valence-electron chi connectivity index (χ3n) is 4.10. The van der Waals surface area contributed by atoms with Crippen molar-refractivity contribution in [3.05, 3.63) is 29.8 Å². The molecule has 0 spiro atoms. The van der Waals surface area contributed by atoms with Crippen molar-refractivity contribution in [2.45, 2.75) is 33.2 Å². The topological polar surface area (TPSA) is 52.7 Å². The van der Waals surface area contributed by atoms with Crippen molar-refractivity contribution < 1.29 is 9.59 Å². The number of anilines is 1. The maximum atomic E-state index is 12.6. The Hall–Kier alpha value is -1.88. The zero-order chi connectivity index (χ0) is 17.2. The largest absolute Gasteiger partial charge is 0.354 e. The van der Waals surface area contributed by atoms with Gasteiger partial charge < -0.3 is 10.2 Å². The lowest BCUT2D eigenvalue weighted by molar-refractivity contribution is -0.125. The summed E-state index contributed by atoms with van der Waals surface area (Å²) < 4.78 is 0. The van der Waals surface area contributed by atoms with E-state index in [1.807, 2.05) is 38.4 Å². The van der Waals surface area contributed by atoms with E-state index in [1.165, 1.54) is 6.92 Å². The van der Waals surface area contributed by atoms with Crippen LogP contribution in [0.2, 0.25) is 0 Å². The lowest BCUT2D eigenvalue weighted by Gasteiger charge is -2.30. The monoisotopic (exact) mass is 317 g/mol. The van der Waals surface area contributed by atoms with Crippen molar-refractivity contribution >= 4 is 17.5 Å². The van der Waals surface area contributed by atoms with Crippen LogP contribution in [0, 0.1) is 5.41 Å². The maximum absolute atomic E-state index is 12.6. The van der Waals surface area contributed by atoms with Gasteiger partial charge in [0, 0.05) is 32.1 Å². The predicted octanol–water partition coefficient (Wildman–Crippen LogP) is 1.67. The number of amides is 2. The lowest BCUT2D eigenvalue weighted by Crippen LogP contribution is -2.50. The van der Waals surface area contributed by atoms with Crippen molar-refractivity contribution in [1.82, 2.24) is 10.2 Å². The van der Waals surface area contributed by atoms with Crippen LogP contribution in [0.25, 0.3) is 0 Å². The Morgan fingerprint density at radius 2 is 1.96 bits per heavy atom. The first kappa shape index (κ1) is 17.5. The molecule has 1 aromatic carbocycles. The van der Waals surface area contributed by atoms with E-state index in [2.05, 4.69) is 24.1 Å². The molecule has 0 saturated heterocycles. The molecule has 5 heteroatoms. The van der Waals surface area contributed by atoms with Gasteiger partial charge in [0.25, 0.3) is 0 Å². The summed E-state index contributed by atoms with van der Waals surface area (Å²) in [6.45, 7) is 7.23. The summed E-state index contributed by atoms with van der Waals surface area (Å²) in [6, 6.07) is 7.28. The SMILES string of the molecule is CC(=O)N1c2ccccc2C[C@H]1C(=O)NCC(C)(C)CN(C)C. The zero-order valence-electron chi connectivity index (χ0n) is 14.7. The normalized spacial score (nSPS) is 17.3. The molecule has 2 rings (SSSR count). The molecule has 1 heterocycles. The Morgan fingerprint density at radius 3 is 2.57 bits per heavy atom. The second-order valence-electron chi connectivity index (χ2n) is 7.36. The Kier molecular flexibility index (Phi) is 5.09. The van der Waals surface area contributed by atoms with Gasteiger partial charge in [-0.15, -0.1) is 0 Å². The van der Waals surface area contributed by atoms with E-state index >= 15 is 0 Å². The molecule has 1 aliphatic heterocycles. The number of carbonyl (C=O) groups is 2. The van der Waals surface area contributed by atoms with Gasteiger partial charge in [-0.25, -0.2) is 0 Å². The van der Waals surface area contributed by atoms with Crippen LogP contribution in [0.3, 0.4) is 0 Å². The van der Waals surface area contributed by atoms with E-state index in [-0.39, 0.29) is 17.2 Å². The van der Waals surface area contributed by atoms with E-state index in [0.29, 0.717) is 13.0 Å². The molecule has 0 radical (unpaired) electrons. The average Bonchev–Trinajstić information content (AvgIpc) is 2.83. The molecule has 0 bridgehead atoms. The number of hydrogen-bond donors (Lipinski definition) is 1.